The molecule has 0 aliphatic heterocycles. The van der Waals surface area contributed by atoms with E-state index in [0.29, 0.717) is 17.7 Å². The van der Waals surface area contributed by atoms with Crippen LogP contribution in [0.1, 0.15) is 113 Å². The Kier molecular flexibility index (Phi) is 9.71. The summed E-state index contributed by atoms with van der Waals surface area (Å²) in [7, 11) is 0. The number of aromatic carboxylic acids is 1. The van der Waals surface area contributed by atoms with Gasteiger partial charge < -0.3 is 20.4 Å². The number of aliphatic hydroxyl groups excluding tert-OH is 1. The molecule has 0 heterocycles. The number of unbranched alkanes of at least 4 members (excludes halogenated alkanes) is 4. The highest BCUT2D eigenvalue weighted by molar-refractivity contribution is 6.48. The summed E-state index contributed by atoms with van der Waals surface area (Å²) in [5, 5.41) is 26.5. The van der Waals surface area contributed by atoms with Crippen molar-refractivity contribution in [2.75, 3.05) is 5.32 Å². The minimum absolute atomic E-state index is 0.0271. The zero-order chi connectivity index (χ0) is 27.9. The number of oxime groups is 1. The van der Waals surface area contributed by atoms with Gasteiger partial charge in [0, 0.05) is 17.7 Å². The molecule has 1 unspecified atom stereocenters. The van der Waals surface area contributed by atoms with Gasteiger partial charge in [-0.1, -0.05) is 77.6 Å². The lowest BCUT2D eigenvalue weighted by Crippen LogP contribution is -2.34. The topological polar surface area (TPSA) is 108 Å². The zero-order valence-electron chi connectivity index (χ0n) is 23.3. The van der Waals surface area contributed by atoms with Gasteiger partial charge in [0.1, 0.15) is 0 Å². The van der Waals surface area contributed by atoms with Crippen LogP contribution in [0.4, 0.5) is 5.69 Å². The fourth-order valence-electron chi connectivity index (χ4n) is 4.94. The van der Waals surface area contributed by atoms with Crippen molar-refractivity contribution in [2.24, 2.45) is 5.16 Å². The summed E-state index contributed by atoms with van der Waals surface area (Å²) >= 11 is 0. The number of anilines is 1. The minimum atomic E-state index is -1.11. The zero-order valence-corrected chi connectivity index (χ0v) is 23.3. The Bertz CT molecular complexity index is 1150. The average Bonchev–Trinajstić information content (AvgIpc) is 2.87. The van der Waals surface area contributed by atoms with E-state index in [0.717, 1.165) is 38.5 Å². The first-order chi connectivity index (χ1) is 17.9. The summed E-state index contributed by atoms with van der Waals surface area (Å²) < 4.78 is 0. The average molecular weight is 523 g/mol. The molecule has 3 N–H and O–H groups in total. The van der Waals surface area contributed by atoms with E-state index >= 15 is 0 Å². The first kappa shape index (κ1) is 29.4. The van der Waals surface area contributed by atoms with E-state index in [2.05, 4.69) is 51.2 Å². The summed E-state index contributed by atoms with van der Waals surface area (Å²) in [6, 6.07) is 11.9. The number of carboxylic acid groups (broad SMARTS) is 1. The van der Waals surface area contributed by atoms with E-state index in [-0.39, 0.29) is 22.1 Å². The monoisotopic (exact) mass is 522 g/mol. The van der Waals surface area contributed by atoms with E-state index in [1.165, 1.54) is 41.8 Å². The quantitative estimate of drug-likeness (QED) is 0.123. The first-order valence-electron chi connectivity index (χ1n) is 13.7. The van der Waals surface area contributed by atoms with Crippen molar-refractivity contribution in [3.8, 4) is 0 Å². The van der Waals surface area contributed by atoms with Gasteiger partial charge >= 0.3 is 5.97 Å². The third-order valence-corrected chi connectivity index (χ3v) is 7.55. The Balaban J connectivity index is 1.88. The number of nitrogens with zero attached hydrogens (tertiary/aromatic N) is 1. The maximum atomic E-state index is 13.4. The second kappa shape index (κ2) is 12.6. The molecular weight excluding hydrogens is 480 g/mol. The van der Waals surface area contributed by atoms with Crippen LogP contribution in [0.5, 0.6) is 0 Å². The SMILES string of the molecule is CCCCCCCC(O)O/N=C(/C(=O)Nc1ccc(C(=O)O)cc1)c1ccc2c(c1)C(C)(C)CCC2(C)C. The van der Waals surface area contributed by atoms with Gasteiger partial charge in [-0.25, -0.2) is 4.79 Å². The molecule has 38 heavy (non-hydrogen) atoms. The van der Waals surface area contributed by atoms with Crippen molar-refractivity contribution in [1.82, 2.24) is 0 Å². The molecule has 2 aromatic carbocycles. The van der Waals surface area contributed by atoms with Gasteiger partial charge in [0.2, 0.25) is 6.29 Å². The number of carbonyl (C=O) groups excluding carboxylic acids is 1. The second-order valence-electron chi connectivity index (χ2n) is 11.6. The molecule has 1 atom stereocenters. The summed E-state index contributed by atoms with van der Waals surface area (Å²) in [5.41, 5.74) is 3.62. The van der Waals surface area contributed by atoms with Crippen molar-refractivity contribution in [2.45, 2.75) is 103 Å². The maximum Gasteiger partial charge on any atom is 0.335 e. The molecule has 3 rings (SSSR count). The third kappa shape index (κ3) is 7.44. The van der Waals surface area contributed by atoms with Gasteiger partial charge in [-0.05, 0) is 71.6 Å². The summed E-state index contributed by atoms with van der Waals surface area (Å²) in [6.07, 6.45) is 6.68. The lowest BCUT2D eigenvalue weighted by molar-refractivity contribution is -0.113. The summed E-state index contributed by atoms with van der Waals surface area (Å²) in [6.45, 7) is 11.1. The first-order valence-corrected chi connectivity index (χ1v) is 13.7. The fourth-order valence-corrected chi connectivity index (χ4v) is 4.94. The van der Waals surface area contributed by atoms with Gasteiger partial charge in [-0.15, -0.1) is 0 Å². The predicted octanol–water partition coefficient (Wildman–Crippen LogP) is 6.77. The van der Waals surface area contributed by atoms with Crippen LogP contribution >= 0.6 is 0 Å². The molecule has 0 fully saturated rings. The molecular formula is C31H42N2O5. The molecule has 0 aromatic heterocycles. The van der Waals surface area contributed by atoms with Crippen molar-refractivity contribution in [1.29, 1.82) is 0 Å². The molecule has 0 saturated heterocycles. The molecule has 1 aliphatic rings. The highest BCUT2D eigenvalue weighted by atomic mass is 16.7. The van der Waals surface area contributed by atoms with Crippen molar-refractivity contribution < 1.29 is 24.6 Å². The number of carboxylic acids is 1. The number of nitrogens with one attached hydrogen (secondary N) is 1. The van der Waals surface area contributed by atoms with Crippen LogP contribution in [0.15, 0.2) is 47.6 Å². The van der Waals surface area contributed by atoms with E-state index in [1.807, 2.05) is 12.1 Å². The van der Waals surface area contributed by atoms with E-state index in [1.54, 1.807) is 0 Å². The molecule has 206 valence electrons. The number of rotatable bonds is 12. The number of fused-ring (bicyclic) bond motifs is 1. The van der Waals surface area contributed by atoms with Crippen molar-refractivity contribution in [3.05, 3.63) is 64.7 Å². The molecule has 7 heteroatoms. The Morgan fingerprint density at radius 2 is 1.53 bits per heavy atom. The maximum absolute atomic E-state index is 13.4. The molecule has 0 bridgehead atoms. The predicted molar refractivity (Wildman–Crippen MR) is 151 cm³/mol. The number of aliphatic hydroxyl groups is 1. The van der Waals surface area contributed by atoms with E-state index in [4.69, 9.17) is 9.94 Å². The van der Waals surface area contributed by atoms with Crippen LogP contribution in [0, 0.1) is 0 Å². The molecule has 2 aromatic rings. The fraction of sp³-hybridized carbons (Fsp3) is 0.516. The van der Waals surface area contributed by atoms with Crippen LogP contribution in [0.25, 0.3) is 0 Å². The standard InChI is InChI=1S/C31H42N2O5/c1-6-7-8-9-10-11-26(34)38-33-27(28(35)32-23-15-12-21(13-16-23)29(36)37)22-14-17-24-25(20-22)31(4,5)19-18-30(24,2)3/h12-17,20,26,34H,6-11,18-19H2,1-5H3,(H,32,35)(H,36,37)/b33-27+. The normalized spacial score (nSPS) is 16.8. The van der Waals surface area contributed by atoms with Gasteiger partial charge in [0.25, 0.3) is 5.91 Å². The molecule has 0 spiro atoms. The number of benzene rings is 2. The van der Waals surface area contributed by atoms with Crippen LogP contribution < -0.4 is 5.32 Å². The number of carbonyl (C=O) groups is 2. The Labute approximate surface area is 226 Å². The number of amides is 1. The molecule has 7 nitrogen and oxygen atoms in total. The summed E-state index contributed by atoms with van der Waals surface area (Å²) in [5.74, 6) is -1.54. The number of hydrogen-bond acceptors (Lipinski definition) is 5. The van der Waals surface area contributed by atoms with Crippen LogP contribution in [-0.4, -0.2) is 34.1 Å². The Morgan fingerprint density at radius 1 is 0.921 bits per heavy atom. The molecule has 0 radical (unpaired) electrons. The van der Waals surface area contributed by atoms with Gasteiger partial charge in [0.05, 0.1) is 5.56 Å². The third-order valence-electron chi connectivity index (χ3n) is 7.55. The van der Waals surface area contributed by atoms with Gasteiger partial charge in [-0.2, -0.15) is 0 Å². The Hall–Kier alpha value is -3.19. The van der Waals surface area contributed by atoms with Crippen LogP contribution in [0.2, 0.25) is 0 Å². The van der Waals surface area contributed by atoms with Gasteiger partial charge in [-0.3, -0.25) is 4.79 Å². The number of hydrogen-bond donors (Lipinski definition) is 3. The van der Waals surface area contributed by atoms with Gasteiger partial charge in [0.15, 0.2) is 5.71 Å². The van der Waals surface area contributed by atoms with Crippen molar-refractivity contribution >= 4 is 23.3 Å². The van der Waals surface area contributed by atoms with Crippen LogP contribution in [0.3, 0.4) is 0 Å². The molecule has 1 amide bonds. The van der Waals surface area contributed by atoms with E-state index in [9.17, 15) is 14.7 Å². The highest BCUT2D eigenvalue weighted by Crippen LogP contribution is 2.46. The highest BCUT2D eigenvalue weighted by Gasteiger charge is 2.37. The minimum Gasteiger partial charge on any atom is -0.478 e. The van der Waals surface area contributed by atoms with E-state index < -0.39 is 18.2 Å². The Morgan fingerprint density at radius 3 is 2.16 bits per heavy atom. The van der Waals surface area contributed by atoms with Crippen molar-refractivity contribution in [3.63, 3.8) is 0 Å². The largest absolute Gasteiger partial charge is 0.478 e. The second-order valence-corrected chi connectivity index (χ2v) is 11.6. The van der Waals surface area contributed by atoms with Crippen LogP contribution in [-0.2, 0) is 20.5 Å². The lowest BCUT2D eigenvalue weighted by atomic mass is 9.63. The molecule has 0 saturated carbocycles. The molecule has 1 aliphatic carbocycles. The summed E-state index contributed by atoms with van der Waals surface area (Å²) in [4.78, 5) is 30.0. The smallest absolute Gasteiger partial charge is 0.335 e. The lowest BCUT2D eigenvalue weighted by Gasteiger charge is -2.42.